The summed E-state index contributed by atoms with van der Waals surface area (Å²) in [6, 6.07) is 0. The number of hydrogen-bond acceptors (Lipinski definition) is 2. The molecule has 1 aromatic rings. The Labute approximate surface area is 65.7 Å². The van der Waals surface area contributed by atoms with Crippen LogP contribution in [0.15, 0.2) is 6.33 Å². The lowest BCUT2D eigenvalue weighted by molar-refractivity contribution is 0.632. The maximum atomic E-state index is 7.65. The molecule has 3 nitrogen and oxygen atoms in total. The Kier molecular flexibility index (Phi) is 0.728. The molecule has 0 saturated heterocycles. The highest BCUT2D eigenvalue weighted by atomic mass is 15.3. The van der Waals surface area contributed by atoms with E-state index in [9.17, 15) is 0 Å². The number of aromatic nitrogens is 3. The van der Waals surface area contributed by atoms with E-state index in [-0.39, 0.29) is 13.0 Å². The van der Waals surface area contributed by atoms with E-state index in [1.54, 1.807) is 4.57 Å². The van der Waals surface area contributed by atoms with Gasteiger partial charge in [-0.2, -0.15) is 0 Å². The van der Waals surface area contributed by atoms with E-state index in [4.69, 9.17) is 5.48 Å². The lowest BCUT2D eigenvalue weighted by Gasteiger charge is -1.97. The summed E-state index contributed by atoms with van der Waals surface area (Å²) < 4.78 is 32.1. The molecule has 10 heavy (non-hydrogen) atoms. The van der Waals surface area contributed by atoms with Crippen LogP contribution in [0, 0.1) is 0 Å². The van der Waals surface area contributed by atoms with Crippen LogP contribution in [0.3, 0.4) is 0 Å². The second-order valence-electron chi connectivity index (χ2n) is 2.23. The summed E-state index contributed by atoms with van der Waals surface area (Å²) in [5.41, 5.74) is 0. The van der Waals surface area contributed by atoms with E-state index in [2.05, 4.69) is 10.2 Å². The number of aryl methyl sites for hydroxylation is 2. The van der Waals surface area contributed by atoms with E-state index in [1.807, 2.05) is 0 Å². The quantitative estimate of drug-likeness (QED) is 0.539. The minimum atomic E-state index is -1.86. The third-order valence-electron chi connectivity index (χ3n) is 1.54. The van der Waals surface area contributed by atoms with Crippen molar-refractivity contribution in [2.24, 2.45) is 0 Å². The number of hydrogen-bond donors (Lipinski definition) is 0. The first-order chi connectivity index (χ1) is 6.42. The van der Waals surface area contributed by atoms with Crippen LogP contribution in [0.25, 0.3) is 0 Å². The Morgan fingerprint density at radius 2 is 2.60 bits per heavy atom. The first-order valence-electron chi connectivity index (χ1n) is 5.29. The molecule has 54 valence electrons. The van der Waals surface area contributed by atoms with Gasteiger partial charge in [0.1, 0.15) is 12.2 Å². The molecule has 2 rings (SSSR count). The monoisotopic (exact) mass is 141 g/mol. The molecule has 0 aromatic carbocycles. The molecule has 1 aliphatic heterocycles. The largest absolute Gasteiger partial charge is 0.318 e. The van der Waals surface area contributed by atoms with Gasteiger partial charge in [0, 0.05) is 18.4 Å². The van der Waals surface area contributed by atoms with Crippen molar-refractivity contribution in [3.05, 3.63) is 12.2 Å². The van der Waals surface area contributed by atoms with E-state index in [0.29, 0.717) is 12.2 Å². The fraction of sp³-hybridized carbons (Fsp3) is 0.714. The van der Waals surface area contributed by atoms with Crippen LogP contribution in [-0.4, -0.2) is 14.8 Å². The fourth-order valence-corrected chi connectivity index (χ4v) is 1.01. The zero-order valence-corrected chi connectivity index (χ0v) is 5.54. The molecular weight excluding hydrogens is 126 g/mol. The Balaban J connectivity index is 2.38. The van der Waals surface area contributed by atoms with Gasteiger partial charge in [0.25, 0.3) is 0 Å². The molecule has 0 fully saturated rings. The normalized spacial score (nSPS) is 34.0. The highest BCUT2D eigenvalue weighted by Gasteiger charge is 2.06. The first-order valence-corrected chi connectivity index (χ1v) is 3.29. The van der Waals surface area contributed by atoms with E-state index in [0.717, 1.165) is 0 Å². The van der Waals surface area contributed by atoms with Crippen LogP contribution in [-0.2, 0) is 13.0 Å². The topological polar surface area (TPSA) is 30.7 Å². The van der Waals surface area contributed by atoms with E-state index < -0.39 is 12.7 Å². The minimum absolute atomic E-state index is 0.0116. The van der Waals surface area contributed by atoms with Gasteiger partial charge in [-0.15, -0.1) is 10.2 Å². The van der Waals surface area contributed by atoms with Gasteiger partial charge in [-0.25, -0.2) is 0 Å². The fourth-order valence-electron chi connectivity index (χ4n) is 1.01. The Hall–Kier alpha value is -0.860. The molecule has 1 aromatic heterocycles. The zero-order chi connectivity index (χ0) is 10.4. The standard InChI is InChI=1S/C7H11N3/c1-2-4-7-9-8-6-10(7)5-3-1/h6H,1-5H2/i1D2,3D2. The maximum Gasteiger partial charge on any atom is 0.132 e. The molecule has 0 N–H and O–H groups in total. The van der Waals surface area contributed by atoms with Crippen LogP contribution in [0.4, 0.5) is 0 Å². The summed E-state index contributed by atoms with van der Waals surface area (Å²) in [5.74, 6) is 0.662. The Bertz CT molecular complexity index is 346. The van der Waals surface area contributed by atoms with Gasteiger partial charge in [-0.05, 0) is 12.8 Å². The summed E-state index contributed by atoms with van der Waals surface area (Å²) in [6.07, 6.45) is -1.62. The third-order valence-corrected chi connectivity index (χ3v) is 1.54. The SMILES string of the molecule is [2H]C1([2H])CCc2nncn2CC1([2H])[2H]. The van der Waals surface area contributed by atoms with E-state index >= 15 is 0 Å². The summed E-state index contributed by atoms with van der Waals surface area (Å²) in [7, 11) is 0. The Morgan fingerprint density at radius 1 is 1.60 bits per heavy atom. The molecule has 0 radical (unpaired) electrons. The van der Waals surface area contributed by atoms with Crippen LogP contribution in [0.1, 0.15) is 30.5 Å². The summed E-state index contributed by atoms with van der Waals surface area (Å²) in [4.78, 5) is 0. The van der Waals surface area contributed by atoms with Crippen LogP contribution < -0.4 is 0 Å². The maximum absolute atomic E-state index is 7.65. The molecule has 0 bridgehead atoms. The molecule has 1 aliphatic rings. The van der Waals surface area contributed by atoms with Crippen molar-refractivity contribution in [2.75, 3.05) is 0 Å². The van der Waals surface area contributed by atoms with Gasteiger partial charge in [0.2, 0.25) is 0 Å². The van der Waals surface area contributed by atoms with Crippen molar-refractivity contribution in [2.45, 2.75) is 32.1 Å². The molecule has 0 spiro atoms. The molecule has 0 saturated carbocycles. The van der Waals surface area contributed by atoms with Crippen molar-refractivity contribution in [3.63, 3.8) is 0 Å². The van der Waals surface area contributed by atoms with Gasteiger partial charge in [-0.3, -0.25) is 0 Å². The smallest absolute Gasteiger partial charge is 0.132 e. The zero-order valence-electron chi connectivity index (χ0n) is 9.54. The predicted molar refractivity (Wildman–Crippen MR) is 37.6 cm³/mol. The minimum Gasteiger partial charge on any atom is -0.318 e. The summed E-state index contributed by atoms with van der Waals surface area (Å²) in [5, 5.41) is 7.51. The molecule has 0 unspecified atom stereocenters. The van der Waals surface area contributed by atoms with Crippen molar-refractivity contribution >= 4 is 0 Å². The summed E-state index contributed by atoms with van der Waals surface area (Å²) >= 11 is 0. The van der Waals surface area contributed by atoms with E-state index in [1.165, 1.54) is 6.33 Å². The Morgan fingerprint density at radius 3 is 3.60 bits per heavy atom. The average Bonchev–Trinajstić information content (AvgIpc) is 2.44. The highest BCUT2D eigenvalue weighted by molar-refractivity contribution is 4.87. The third kappa shape index (κ3) is 0.916. The van der Waals surface area contributed by atoms with Crippen molar-refractivity contribution in [1.29, 1.82) is 0 Å². The molecule has 0 aliphatic carbocycles. The number of nitrogens with zero attached hydrogens (tertiary/aromatic N) is 3. The predicted octanol–water partition coefficient (Wildman–Crippen LogP) is 1.00. The molecule has 0 amide bonds. The number of rotatable bonds is 0. The average molecular weight is 141 g/mol. The second-order valence-corrected chi connectivity index (χ2v) is 2.23. The highest BCUT2D eigenvalue weighted by Crippen LogP contribution is 2.10. The van der Waals surface area contributed by atoms with Crippen molar-refractivity contribution < 1.29 is 5.48 Å². The lowest BCUT2D eigenvalue weighted by atomic mass is 10.2. The summed E-state index contributed by atoms with van der Waals surface area (Å²) in [6.45, 7) is -0.0116. The molecule has 3 heteroatoms. The molecule has 0 atom stereocenters. The van der Waals surface area contributed by atoms with Gasteiger partial charge in [0.05, 0.1) is 0 Å². The van der Waals surface area contributed by atoms with Crippen LogP contribution in [0.5, 0.6) is 0 Å². The van der Waals surface area contributed by atoms with Crippen molar-refractivity contribution in [1.82, 2.24) is 14.8 Å². The van der Waals surface area contributed by atoms with Crippen molar-refractivity contribution in [3.8, 4) is 0 Å². The van der Waals surface area contributed by atoms with Gasteiger partial charge in [-0.1, -0.05) is 6.37 Å². The van der Waals surface area contributed by atoms with Gasteiger partial charge >= 0.3 is 0 Å². The molecular formula is C7H11N3. The second kappa shape index (κ2) is 2.40. The molecule has 2 heterocycles. The van der Waals surface area contributed by atoms with Gasteiger partial charge < -0.3 is 4.57 Å². The van der Waals surface area contributed by atoms with Crippen LogP contribution >= 0.6 is 0 Å². The van der Waals surface area contributed by atoms with Gasteiger partial charge in [0.15, 0.2) is 0 Å². The first kappa shape index (κ1) is 3.03. The number of fused-ring (bicyclic) bond motifs is 1. The van der Waals surface area contributed by atoms with Crippen LogP contribution in [0.2, 0.25) is 0 Å². The lowest BCUT2D eigenvalue weighted by Crippen LogP contribution is -1.98.